The second-order valence-electron chi connectivity index (χ2n) is 38.6. The van der Waals surface area contributed by atoms with Gasteiger partial charge >= 0.3 is 0 Å². The Hall–Kier alpha value is -18.3. The zero-order chi connectivity index (χ0) is 90.7. The van der Waals surface area contributed by atoms with Gasteiger partial charge < -0.3 is 0 Å². The molecule has 8 aliphatic carbocycles. The number of fused-ring (bicyclic) bond motifs is 63. The largest absolute Gasteiger partial charge is 0.288 e. The molecule has 0 aliphatic heterocycles. The molecule has 16 heteroatoms. The molecule has 0 unspecified atom stereocenters. The van der Waals surface area contributed by atoms with Gasteiger partial charge in [-0.3, -0.25) is 37.5 Å². The molecule has 16 heterocycles. The molecule has 28 aromatic rings. The number of benzene rings is 12. The van der Waals surface area contributed by atoms with Gasteiger partial charge in [-0.15, -0.1) is 0 Å². The average molecular weight is 1790 g/mol. The third kappa shape index (κ3) is 10.1. The van der Waals surface area contributed by atoms with Crippen LogP contribution in [-0.2, 0) is 51.4 Å². The molecule has 0 spiro atoms. The standard InChI is InChI=1S/4C31H18N4/c1-2-6-19-17(5-1)15-23-20(19)10-9-18-16-24-21(27(18)23)11-12-22-28(24)31-34-30-26(8-4-14-33-30)35(31)25-7-3-13-32-29(22)25;1-2-6-19-17(5-1)15-18-9-10-20-21-11-12-22-28(24(21)16-23(20)27(18)19)31-34-30-26(8-4-14-33-30)35(31)25-7-3-13-32-29(22)25;1-2-6-18-17(5-1)15-23-19(18)9-10-20-21-11-12-22-28(25(21)16-24(20)23)31-34-30-27(8-4-14-33-30)35(31)26-7-3-13-32-29(22)26;1-2-6-20-17(5-1)13-18-14-24-19(15-23(18)20)16-25-21(24)9-10-22-28(25)31-34-30-27(8-4-12-33-30)35(31)26-7-3-11-32-29(22)26/h3*1-14H,15-16H2;1-12,14-15H,13,16H2. The van der Waals surface area contributed by atoms with Crippen LogP contribution in [0.15, 0.2) is 341 Å². The molecule has 16 aromatic heterocycles. The van der Waals surface area contributed by atoms with Crippen molar-refractivity contribution < 1.29 is 0 Å². The topological polar surface area (TPSA) is 172 Å². The first kappa shape index (κ1) is 75.1. The van der Waals surface area contributed by atoms with Gasteiger partial charge in [0.2, 0.25) is 0 Å². The van der Waals surface area contributed by atoms with Gasteiger partial charge in [-0.05, 0) is 332 Å². The van der Waals surface area contributed by atoms with Crippen molar-refractivity contribution in [2.45, 2.75) is 51.4 Å². The first-order chi connectivity index (χ1) is 69.4. The highest BCUT2D eigenvalue weighted by Crippen LogP contribution is 2.56. The van der Waals surface area contributed by atoms with Crippen LogP contribution >= 0.6 is 0 Å². The minimum atomic E-state index is 0.771. The highest BCUT2D eigenvalue weighted by Gasteiger charge is 2.37. The second kappa shape index (κ2) is 27.7. The van der Waals surface area contributed by atoms with Gasteiger partial charge in [0.15, 0.2) is 22.6 Å². The lowest BCUT2D eigenvalue weighted by Crippen LogP contribution is -1.96. The molecular weight excluding hydrogens is 1710 g/mol. The van der Waals surface area contributed by atoms with Crippen LogP contribution in [0.1, 0.15) is 89.0 Å². The Morgan fingerprint density at radius 1 is 0.164 bits per heavy atom. The van der Waals surface area contributed by atoms with E-state index < -0.39 is 0 Å². The molecule has 0 saturated carbocycles. The molecule has 8 aliphatic rings. The van der Waals surface area contributed by atoms with Gasteiger partial charge in [-0.1, -0.05) is 182 Å². The zero-order valence-corrected chi connectivity index (χ0v) is 75.1. The minimum Gasteiger partial charge on any atom is -0.288 e. The van der Waals surface area contributed by atoms with Crippen molar-refractivity contribution in [1.29, 1.82) is 0 Å². The van der Waals surface area contributed by atoms with E-state index in [1.165, 1.54) is 200 Å². The van der Waals surface area contributed by atoms with E-state index in [4.69, 9.17) is 39.9 Å². The number of rotatable bonds is 0. The lowest BCUT2D eigenvalue weighted by Gasteiger charge is -2.12. The summed E-state index contributed by atoms with van der Waals surface area (Å²) in [5.41, 5.74) is 64.0. The molecule has 12 aromatic carbocycles. The van der Waals surface area contributed by atoms with Gasteiger partial charge in [-0.2, -0.15) is 0 Å². The van der Waals surface area contributed by atoms with Crippen molar-refractivity contribution in [2.24, 2.45) is 0 Å². The molecule has 648 valence electrons. The maximum absolute atomic E-state index is 5.07. The highest BCUT2D eigenvalue weighted by atomic mass is 15.1. The van der Waals surface area contributed by atoms with E-state index in [0.29, 0.717) is 0 Å². The molecule has 0 saturated heterocycles. The molecular formula is C124H72N16. The summed E-state index contributed by atoms with van der Waals surface area (Å²) in [6.45, 7) is 0. The quantitative estimate of drug-likeness (QED) is 0.132. The number of aromatic nitrogens is 16. The van der Waals surface area contributed by atoms with Crippen molar-refractivity contribution >= 4 is 154 Å². The number of hydrogen-bond donors (Lipinski definition) is 0. The molecule has 36 rings (SSSR count). The fourth-order valence-corrected chi connectivity index (χ4v) is 26.1. The van der Waals surface area contributed by atoms with Gasteiger partial charge in [-0.25, -0.2) is 39.9 Å². The molecule has 0 amide bonds. The number of pyridine rings is 12. The fourth-order valence-electron chi connectivity index (χ4n) is 26.1. The van der Waals surface area contributed by atoms with Crippen LogP contribution in [0.4, 0.5) is 0 Å². The summed E-state index contributed by atoms with van der Waals surface area (Å²) in [7, 11) is 0. The molecule has 16 nitrogen and oxygen atoms in total. The molecule has 0 radical (unpaired) electrons. The third-order valence-corrected chi connectivity index (χ3v) is 31.8. The highest BCUT2D eigenvalue weighted by molar-refractivity contribution is 6.21. The van der Waals surface area contributed by atoms with E-state index in [1.807, 2.05) is 98.1 Å². The Morgan fingerprint density at radius 3 is 0.879 bits per heavy atom. The average Bonchev–Trinajstić information content (AvgIpc) is 1.55. The number of nitrogens with zero attached hydrogens (tertiary/aromatic N) is 16. The lowest BCUT2D eigenvalue weighted by molar-refractivity contribution is 1.17. The van der Waals surface area contributed by atoms with Crippen LogP contribution in [-0.4, -0.2) is 77.4 Å². The molecule has 140 heavy (non-hydrogen) atoms. The Labute approximate surface area is 796 Å². The Kier molecular flexibility index (Phi) is 14.9. The van der Waals surface area contributed by atoms with Crippen LogP contribution < -0.4 is 0 Å². The second-order valence-corrected chi connectivity index (χ2v) is 38.6. The van der Waals surface area contributed by atoms with E-state index in [-0.39, 0.29) is 0 Å². The molecule has 0 bridgehead atoms. The van der Waals surface area contributed by atoms with Crippen molar-refractivity contribution in [2.75, 3.05) is 0 Å². The summed E-state index contributed by atoms with van der Waals surface area (Å²) in [6.07, 6.45) is 22.5. The van der Waals surface area contributed by atoms with Crippen LogP contribution in [0.5, 0.6) is 0 Å². The van der Waals surface area contributed by atoms with E-state index in [0.717, 1.165) is 184 Å². The number of hydrogen-bond acceptors (Lipinski definition) is 12. The Morgan fingerprint density at radius 2 is 0.421 bits per heavy atom. The first-order valence-electron chi connectivity index (χ1n) is 48.2. The van der Waals surface area contributed by atoms with Gasteiger partial charge in [0.1, 0.15) is 22.6 Å². The van der Waals surface area contributed by atoms with Crippen LogP contribution in [0.2, 0.25) is 0 Å². The first-order valence-corrected chi connectivity index (χ1v) is 48.2. The smallest absolute Gasteiger partial charge is 0.178 e. The number of imidazole rings is 4. The molecule has 0 atom stereocenters. The van der Waals surface area contributed by atoms with Crippen LogP contribution in [0.3, 0.4) is 0 Å². The Balaban J connectivity index is 0.0000000829. The Bertz CT molecular complexity index is 10600. The van der Waals surface area contributed by atoms with E-state index >= 15 is 0 Å². The maximum atomic E-state index is 5.07. The summed E-state index contributed by atoms with van der Waals surface area (Å²) in [4.78, 5) is 57.9. The van der Waals surface area contributed by atoms with E-state index in [9.17, 15) is 0 Å². The lowest BCUT2D eigenvalue weighted by atomic mass is 9.94. The summed E-state index contributed by atoms with van der Waals surface area (Å²) in [6, 6.07) is 105. The summed E-state index contributed by atoms with van der Waals surface area (Å²) >= 11 is 0. The monoisotopic (exact) mass is 1780 g/mol. The summed E-state index contributed by atoms with van der Waals surface area (Å²) in [5.74, 6) is 0. The van der Waals surface area contributed by atoms with Gasteiger partial charge in [0.25, 0.3) is 0 Å². The molecule has 0 fully saturated rings. The van der Waals surface area contributed by atoms with Crippen molar-refractivity contribution in [3.8, 4) is 89.0 Å². The zero-order valence-electron chi connectivity index (χ0n) is 75.1. The fraction of sp³-hybridized carbons (Fsp3) is 0.0645. The van der Waals surface area contributed by atoms with Gasteiger partial charge in [0, 0.05) is 99.1 Å². The summed E-state index contributed by atoms with van der Waals surface area (Å²) in [5, 5.41) is 9.44. The van der Waals surface area contributed by atoms with Gasteiger partial charge in [0.05, 0.1) is 66.2 Å². The van der Waals surface area contributed by atoms with Crippen molar-refractivity contribution in [3.05, 3.63) is 430 Å². The predicted octanol–water partition coefficient (Wildman–Crippen LogP) is 26.9. The predicted molar refractivity (Wildman–Crippen MR) is 559 cm³/mol. The SMILES string of the molecule is c1ccc2c(c1)Cc1c-2ccc2c1-c1ccc3c4ncccc4n4c5cccnc5nc4c3c1C2.c1ccc2c(c1)Cc1c-2ccc2c1Cc1c-2ccc2c3ncccc3n3c4cccnc4nc3c12.c1ccc2c(c1)Cc1cc3c(cc1-2)Cc1c-3ccc2c3ncccc3n3c4cccnc4nc3c12.c1ccc2c(c1)Cc1ccc3c(c1-2)Cc1c-3ccc2c3ncccc3n3c4cccnc4nc3c12. The van der Waals surface area contributed by atoms with Crippen molar-refractivity contribution in [3.63, 3.8) is 0 Å². The maximum Gasteiger partial charge on any atom is 0.178 e. The van der Waals surface area contributed by atoms with Crippen LogP contribution in [0, 0.1) is 0 Å². The van der Waals surface area contributed by atoms with E-state index in [1.54, 1.807) is 0 Å². The van der Waals surface area contributed by atoms with E-state index in [2.05, 4.69) is 280 Å². The van der Waals surface area contributed by atoms with Crippen LogP contribution in [0.25, 0.3) is 243 Å². The third-order valence-electron chi connectivity index (χ3n) is 31.8. The summed E-state index contributed by atoms with van der Waals surface area (Å²) < 4.78 is 8.98. The van der Waals surface area contributed by atoms with Crippen molar-refractivity contribution in [1.82, 2.24) is 77.4 Å². The normalized spacial score (nSPS) is 13.5. The minimum absolute atomic E-state index is 0.771. The molecule has 0 N–H and O–H groups in total.